The summed E-state index contributed by atoms with van der Waals surface area (Å²) in [6.45, 7) is 5.85. The van der Waals surface area contributed by atoms with Crippen LogP contribution in [0.2, 0.25) is 0 Å². The van der Waals surface area contributed by atoms with Crippen LogP contribution in [0.4, 0.5) is 9.18 Å². The summed E-state index contributed by atoms with van der Waals surface area (Å²) in [7, 11) is 4.21. The molecule has 0 radical (unpaired) electrons. The minimum atomic E-state index is -0.263. The average molecular weight is 456 g/mol. The van der Waals surface area contributed by atoms with E-state index in [4.69, 9.17) is 4.74 Å². The van der Waals surface area contributed by atoms with Gasteiger partial charge in [-0.05, 0) is 81.1 Å². The summed E-state index contributed by atoms with van der Waals surface area (Å²) in [5, 5.41) is 3.10. The topological polar surface area (TPSA) is 44.8 Å². The average Bonchev–Trinajstić information content (AvgIpc) is 2.81. The predicted octanol–water partition coefficient (Wildman–Crippen LogP) is 5.45. The van der Waals surface area contributed by atoms with E-state index in [-0.39, 0.29) is 17.9 Å². The zero-order valence-electron chi connectivity index (χ0n) is 20.4. The van der Waals surface area contributed by atoms with Crippen LogP contribution in [0.3, 0.4) is 0 Å². The second kappa shape index (κ2) is 12.0. The van der Waals surface area contributed by atoms with Gasteiger partial charge in [0.2, 0.25) is 0 Å². The Hall–Kier alpha value is -2.60. The standard InChI is InChI=1S/C27H38FN3O2/c1-20(2)19-33-26-14-10-21(11-15-26)17-29-27(32)31(18-22-8-12-23(28)13-9-22)25-7-5-6-24(16-25)30(3)4/h8-15,20,24-25H,5-7,16-19H2,1-4H3,(H,29,32). The van der Waals surface area contributed by atoms with E-state index in [2.05, 4.69) is 38.2 Å². The molecule has 0 bridgehead atoms. The Morgan fingerprint density at radius 2 is 1.67 bits per heavy atom. The number of hydrogen-bond acceptors (Lipinski definition) is 3. The molecular weight excluding hydrogens is 417 g/mol. The third-order valence-electron chi connectivity index (χ3n) is 6.27. The molecule has 180 valence electrons. The molecular formula is C27H38FN3O2. The Labute approximate surface area is 197 Å². The molecule has 0 aromatic heterocycles. The molecule has 1 aliphatic rings. The van der Waals surface area contributed by atoms with Gasteiger partial charge in [0, 0.05) is 25.2 Å². The summed E-state index contributed by atoms with van der Waals surface area (Å²) in [5.74, 6) is 1.05. The fraction of sp³-hybridized carbons (Fsp3) is 0.519. The van der Waals surface area contributed by atoms with Gasteiger partial charge in [-0.25, -0.2) is 9.18 Å². The maximum atomic E-state index is 13.4. The summed E-state index contributed by atoms with van der Waals surface area (Å²) in [6.07, 6.45) is 4.18. The first-order chi connectivity index (χ1) is 15.8. The van der Waals surface area contributed by atoms with Crippen molar-refractivity contribution in [2.45, 2.75) is 64.7 Å². The lowest BCUT2D eigenvalue weighted by atomic mass is 9.89. The highest BCUT2D eigenvalue weighted by molar-refractivity contribution is 5.74. The molecule has 1 aliphatic carbocycles. The molecule has 2 aromatic rings. The Balaban J connectivity index is 1.66. The Bertz CT molecular complexity index is 868. The number of carbonyl (C=O) groups is 1. The molecule has 2 atom stereocenters. The van der Waals surface area contributed by atoms with Crippen LogP contribution >= 0.6 is 0 Å². The van der Waals surface area contributed by atoms with E-state index in [1.165, 1.54) is 12.1 Å². The van der Waals surface area contributed by atoms with Crippen molar-refractivity contribution in [2.24, 2.45) is 5.92 Å². The number of nitrogens with one attached hydrogen (secondary N) is 1. The number of urea groups is 1. The van der Waals surface area contributed by atoms with Crippen molar-refractivity contribution in [1.82, 2.24) is 15.1 Å². The van der Waals surface area contributed by atoms with Gasteiger partial charge >= 0.3 is 6.03 Å². The zero-order chi connectivity index (χ0) is 23.8. The van der Waals surface area contributed by atoms with E-state index in [0.717, 1.165) is 42.6 Å². The quantitative estimate of drug-likeness (QED) is 0.547. The van der Waals surface area contributed by atoms with E-state index in [1.54, 1.807) is 12.1 Å². The van der Waals surface area contributed by atoms with Crippen LogP contribution in [-0.4, -0.2) is 48.6 Å². The first kappa shape index (κ1) is 25.0. The number of halogens is 1. The Kier molecular flexibility index (Phi) is 9.12. The highest BCUT2D eigenvalue weighted by Gasteiger charge is 2.30. The minimum absolute atomic E-state index is 0.0798. The van der Waals surface area contributed by atoms with E-state index >= 15 is 0 Å². The van der Waals surface area contributed by atoms with Gasteiger partial charge in [0.05, 0.1) is 6.61 Å². The van der Waals surface area contributed by atoms with Crippen LogP contribution in [0, 0.1) is 11.7 Å². The molecule has 1 N–H and O–H groups in total. The lowest BCUT2D eigenvalue weighted by Crippen LogP contribution is -2.49. The first-order valence-corrected chi connectivity index (χ1v) is 12.0. The normalized spacial score (nSPS) is 18.4. The van der Waals surface area contributed by atoms with Crippen LogP contribution in [0.15, 0.2) is 48.5 Å². The van der Waals surface area contributed by atoms with Crippen LogP contribution in [0.1, 0.15) is 50.7 Å². The smallest absolute Gasteiger partial charge is 0.318 e. The van der Waals surface area contributed by atoms with E-state index in [1.807, 2.05) is 29.2 Å². The molecule has 3 rings (SSSR count). The minimum Gasteiger partial charge on any atom is -0.493 e. The third-order valence-corrected chi connectivity index (χ3v) is 6.27. The van der Waals surface area contributed by atoms with Crippen LogP contribution in [0.5, 0.6) is 5.75 Å². The Morgan fingerprint density at radius 3 is 2.30 bits per heavy atom. The van der Waals surface area contributed by atoms with Crippen molar-refractivity contribution in [3.63, 3.8) is 0 Å². The lowest BCUT2D eigenvalue weighted by molar-refractivity contribution is 0.116. The van der Waals surface area contributed by atoms with Crippen molar-refractivity contribution < 1.29 is 13.9 Å². The van der Waals surface area contributed by atoms with Crippen LogP contribution < -0.4 is 10.1 Å². The van der Waals surface area contributed by atoms with E-state index in [0.29, 0.717) is 31.7 Å². The molecule has 5 nitrogen and oxygen atoms in total. The number of amides is 2. The largest absolute Gasteiger partial charge is 0.493 e. The van der Waals surface area contributed by atoms with Gasteiger partial charge in [0.1, 0.15) is 11.6 Å². The van der Waals surface area contributed by atoms with E-state index < -0.39 is 0 Å². The van der Waals surface area contributed by atoms with Crippen molar-refractivity contribution in [2.75, 3.05) is 20.7 Å². The van der Waals surface area contributed by atoms with Gasteiger partial charge < -0.3 is 19.9 Å². The molecule has 0 saturated heterocycles. The molecule has 0 aliphatic heterocycles. The summed E-state index contributed by atoms with van der Waals surface area (Å²) < 4.78 is 19.1. The van der Waals surface area contributed by atoms with Crippen molar-refractivity contribution in [1.29, 1.82) is 0 Å². The number of nitrogens with zero attached hydrogens (tertiary/aromatic N) is 2. The number of rotatable bonds is 9. The summed E-state index contributed by atoms with van der Waals surface area (Å²) >= 11 is 0. The molecule has 2 amide bonds. The second-order valence-electron chi connectivity index (χ2n) is 9.70. The molecule has 1 saturated carbocycles. The van der Waals surface area contributed by atoms with Gasteiger partial charge in [-0.3, -0.25) is 0 Å². The molecule has 0 heterocycles. The first-order valence-electron chi connectivity index (χ1n) is 12.0. The second-order valence-corrected chi connectivity index (χ2v) is 9.70. The summed E-state index contributed by atoms with van der Waals surface area (Å²) in [5.41, 5.74) is 1.96. The molecule has 2 aromatic carbocycles. The molecule has 6 heteroatoms. The Morgan fingerprint density at radius 1 is 1.03 bits per heavy atom. The number of ether oxygens (including phenoxy) is 1. The van der Waals surface area contributed by atoms with Crippen molar-refractivity contribution >= 4 is 6.03 Å². The maximum absolute atomic E-state index is 13.4. The summed E-state index contributed by atoms with van der Waals surface area (Å²) in [4.78, 5) is 17.5. The molecule has 1 fully saturated rings. The predicted molar refractivity (Wildman–Crippen MR) is 131 cm³/mol. The monoisotopic (exact) mass is 455 g/mol. The highest BCUT2D eigenvalue weighted by atomic mass is 19.1. The van der Waals surface area contributed by atoms with Crippen LogP contribution in [0.25, 0.3) is 0 Å². The third kappa shape index (κ3) is 7.74. The SMILES string of the molecule is CC(C)COc1ccc(CNC(=O)N(Cc2ccc(F)cc2)C2CCCC(N(C)C)C2)cc1. The number of benzene rings is 2. The van der Waals surface area contributed by atoms with E-state index in [9.17, 15) is 9.18 Å². The van der Waals surface area contributed by atoms with Crippen molar-refractivity contribution in [3.8, 4) is 5.75 Å². The van der Waals surface area contributed by atoms with Crippen LogP contribution in [-0.2, 0) is 13.1 Å². The van der Waals surface area contributed by atoms with Gasteiger partial charge in [-0.15, -0.1) is 0 Å². The number of hydrogen-bond donors (Lipinski definition) is 1. The fourth-order valence-corrected chi connectivity index (χ4v) is 4.29. The van der Waals surface area contributed by atoms with Gasteiger partial charge in [0.15, 0.2) is 0 Å². The van der Waals surface area contributed by atoms with Crippen molar-refractivity contribution in [3.05, 3.63) is 65.5 Å². The molecule has 33 heavy (non-hydrogen) atoms. The van der Waals surface area contributed by atoms with Gasteiger partial charge in [0.25, 0.3) is 0 Å². The molecule has 2 unspecified atom stereocenters. The van der Waals surface area contributed by atoms with Gasteiger partial charge in [-0.1, -0.05) is 38.1 Å². The maximum Gasteiger partial charge on any atom is 0.318 e. The van der Waals surface area contributed by atoms with Gasteiger partial charge in [-0.2, -0.15) is 0 Å². The summed E-state index contributed by atoms with van der Waals surface area (Å²) in [6, 6.07) is 14.8. The fourth-order valence-electron chi connectivity index (χ4n) is 4.29. The lowest BCUT2D eigenvalue weighted by Gasteiger charge is -2.39. The molecule has 0 spiro atoms. The highest BCUT2D eigenvalue weighted by Crippen LogP contribution is 2.27. The zero-order valence-corrected chi connectivity index (χ0v) is 20.4. The number of carbonyl (C=O) groups excluding carboxylic acids is 1.